The lowest BCUT2D eigenvalue weighted by Crippen LogP contribution is -2.37. The van der Waals surface area contributed by atoms with E-state index in [2.05, 4.69) is 45.0 Å². The van der Waals surface area contributed by atoms with Crippen LogP contribution in [0.25, 0.3) is 0 Å². The van der Waals surface area contributed by atoms with E-state index >= 15 is 0 Å². The van der Waals surface area contributed by atoms with Crippen molar-refractivity contribution in [2.24, 2.45) is 34.5 Å². The van der Waals surface area contributed by atoms with Crippen LogP contribution in [0.15, 0.2) is 30.3 Å². The minimum Gasteiger partial charge on any atom is -0.388 e. The standard InChI is InChI=1S/C21H30O/c1-20(2)12-7-13-21(3)16-11-10-15(17(16)20)18(21)19(22)14-8-5-4-6-9-14/h4-6,8-9,15-19,22H,7,10-13H2,1-3H3/t15-,16+,17+,18+,19-,21-/m0/s1. The molecule has 3 saturated carbocycles. The fraction of sp³-hybridized carbons (Fsp3) is 0.714. The van der Waals surface area contributed by atoms with Crippen LogP contribution in [0.5, 0.6) is 0 Å². The van der Waals surface area contributed by atoms with Gasteiger partial charge < -0.3 is 5.11 Å². The van der Waals surface area contributed by atoms with Crippen molar-refractivity contribution in [2.75, 3.05) is 0 Å². The molecule has 1 heteroatoms. The summed E-state index contributed by atoms with van der Waals surface area (Å²) in [6, 6.07) is 10.4. The van der Waals surface area contributed by atoms with Gasteiger partial charge >= 0.3 is 0 Å². The van der Waals surface area contributed by atoms with Crippen LogP contribution in [-0.2, 0) is 0 Å². The van der Waals surface area contributed by atoms with Crippen LogP contribution in [0.3, 0.4) is 0 Å². The third kappa shape index (κ3) is 1.87. The molecule has 3 aliphatic rings. The summed E-state index contributed by atoms with van der Waals surface area (Å²) >= 11 is 0. The molecule has 6 atom stereocenters. The molecule has 120 valence electrons. The largest absolute Gasteiger partial charge is 0.388 e. The highest BCUT2D eigenvalue weighted by Gasteiger charge is 2.66. The van der Waals surface area contributed by atoms with E-state index in [4.69, 9.17) is 0 Å². The van der Waals surface area contributed by atoms with Crippen molar-refractivity contribution in [3.63, 3.8) is 0 Å². The van der Waals surface area contributed by atoms with Crippen molar-refractivity contribution in [2.45, 2.75) is 59.0 Å². The molecule has 3 fully saturated rings. The number of hydrogen-bond donors (Lipinski definition) is 1. The first kappa shape index (κ1) is 14.8. The molecule has 0 unspecified atom stereocenters. The third-order valence-electron chi connectivity index (χ3n) is 7.70. The van der Waals surface area contributed by atoms with Crippen LogP contribution in [-0.4, -0.2) is 5.11 Å². The van der Waals surface area contributed by atoms with E-state index in [1.807, 2.05) is 6.07 Å². The first-order chi connectivity index (χ1) is 10.5. The van der Waals surface area contributed by atoms with Crippen molar-refractivity contribution >= 4 is 0 Å². The van der Waals surface area contributed by atoms with E-state index in [1.54, 1.807) is 0 Å². The van der Waals surface area contributed by atoms with Gasteiger partial charge in [-0.25, -0.2) is 0 Å². The number of aliphatic hydroxyl groups is 1. The van der Waals surface area contributed by atoms with Gasteiger partial charge in [0.25, 0.3) is 0 Å². The summed E-state index contributed by atoms with van der Waals surface area (Å²) in [6.45, 7) is 7.49. The summed E-state index contributed by atoms with van der Waals surface area (Å²) in [6.07, 6.45) is 6.46. The fourth-order valence-electron chi connectivity index (χ4n) is 6.93. The minimum atomic E-state index is -0.280. The molecule has 4 rings (SSSR count). The van der Waals surface area contributed by atoms with Crippen LogP contribution < -0.4 is 0 Å². The molecule has 0 radical (unpaired) electrons. The summed E-state index contributed by atoms with van der Waals surface area (Å²) in [5.74, 6) is 2.83. The summed E-state index contributed by atoms with van der Waals surface area (Å²) in [7, 11) is 0. The van der Waals surface area contributed by atoms with Crippen molar-refractivity contribution in [1.82, 2.24) is 0 Å². The molecule has 22 heavy (non-hydrogen) atoms. The highest BCUT2D eigenvalue weighted by Crippen LogP contribution is 2.72. The molecule has 4 bridgehead atoms. The molecule has 0 spiro atoms. The van der Waals surface area contributed by atoms with Gasteiger partial charge in [-0.3, -0.25) is 0 Å². The average Bonchev–Trinajstić information content (AvgIpc) is 2.99. The molecule has 1 N–H and O–H groups in total. The van der Waals surface area contributed by atoms with Gasteiger partial charge in [-0.05, 0) is 65.7 Å². The van der Waals surface area contributed by atoms with Crippen molar-refractivity contribution < 1.29 is 5.11 Å². The van der Waals surface area contributed by atoms with E-state index in [1.165, 1.54) is 32.1 Å². The summed E-state index contributed by atoms with van der Waals surface area (Å²) < 4.78 is 0. The second-order valence-corrected chi connectivity index (χ2v) is 9.10. The first-order valence-electron chi connectivity index (χ1n) is 9.18. The Morgan fingerprint density at radius 1 is 1.05 bits per heavy atom. The molecule has 3 aliphatic carbocycles. The maximum absolute atomic E-state index is 11.2. The molecule has 0 amide bonds. The molecule has 0 aromatic heterocycles. The van der Waals surface area contributed by atoms with Crippen molar-refractivity contribution in [3.05, 3.63) is 35.9 Å². The molecule has 1 nitrogen and oxygen atoms in total. The van der Waals surface area contributed by atoms with Gasteiger partial charge in [0.05, 0.1) is 6.10 Å². The lowest BCUT2D eigenvalue weighted by atomic mass is 9.62. The predicted molar refractivity (Wildman–Crippen MR) is 90.3 cm³/mol. The lowest BCUT2D eigenvalue weighted by molar-refractivity contribution is -0.0229. The monoisotopic (exact) mass is 298 g/mol. The van der Waals surface area contributed by atoms with Crippen LogP contribution in [0, 0.1) is 34.5 Å². The van der Waals surface area contributed by atoms with Gasteiger partial charge in [-0.1, -0.05) is 57.5 Å². The Labute approximate surface area is 135 Å². The summed E-state index contributed by atoms with van der Waals surface area (Å²) in [4.78, 5) is 0. The minimum absolute atomic E-state index is 0.280. The maximum Gasteiger partial charge on any atom is 0.0826 e. The molecular formula is C21H30O. The molecule has 0 saturated heterocycles. The van der Waals surface area contributed by atoms with Crippen molar-refractivity contribution in [3.8, 4) is 0 Å². The van der Waals surface area contributed by atoms with Gasteiger partial charge in [0.15, 0.2) is 0 Å². The quantitative estimate of drug-likeness (QED) is 0.794. The van der Waals surface area contributed by atoms with E-state index in [-0.39, 0.29) is 6.10 Å². The van der Waals surface area contributed by atoms with E-state index in [0.717, 1.165) is 23.3 Å². The van der Waals surface area contributed by atoms with Crippen LogP contribution >= 0.6 is 0 Å². The van der Waals surface area contributed by atoms with Gasteiger partial charge in [0, 0.05) is 0 Å². The van der Waals surface area contributed by atoms with E-state index in [9.17, 15) is 5.11 Å². The van der Waals surface area contributed by atoms with E-state index < -0.39 is 0 Å². The zero-order valence-corrected chi connectivity index (χ0v) is 14.3. The molecular weight excluding hydrogens is 268 g/mol. The van der Waals surface area contributed by atoms with Gasteiger partial charge in [-0.2, -0.15) is 0 Å². The highest BCUT2D eigenvalue weighted by molar-refractivity contribution is 5.23. The normalized spacial score (nSPS) is 43.8. The lowest BCUT2D eigenvalue weighted by Gasteiger charge is -2.44. The fourth-order valence-corrected chi connectivity index (χ4v) is 6.93. The van der Waals surface area contributed by atoms with Crippen molar-refractivity contribution in [1.29, 1.82) is 0 Å². The number of benzene rings is 1. The Kier molecular flexibility index (Phi) is 3.24. The number of rotatable bonds is 2. The summed E-state index contributed by atoms with van der Waals surface area (Å²) in [5, 5.41) is 11.2. The second-order valence-electron chi connectivity index (χ2n) is 9.10. The molecule has 0 aliphatic heterocycles. The topological polar surface area (TPSA) is 20.2 Å². The van der Waals surface area contributed by atoms with Gasteiger partial charge in [0.2, 0.25) is 0 Å². The Morgan fingerprint density at radius 3 is 2.50 bits per heavy atom. The second kappa shape index (κ2) is 4.84. The van der Waals surface area contributed by atoms with Crippen LogP contribution in [0.1, 0.15) is 64.5 Å². The summed E-state index contributed by atoms with van der Waals surface area (Å²) in [5.41, 5.74) is 1.93. The number of hydrogen-bond acceptors (Lipinski definition) is 1. The van der Waals surface area contributed by atoms with Gasteiger partial charge in [0.1, 0.15) is 0 Å². The zero-order valence-electron chi connectivity index (χ0n) is 14.3. The van der Waals surface area contributed by atoms with Gasteiger partial charge in [-0.15, -0.1) is 0 Å². The Bertz CT molecular complexity index is 548. The SMILES string of the molecule is CC1(C)CCC[C@]2(C)[C@@H]([C@@H](O)c3ccccc3)[C@H]3CC[C@@H]2[C@@H]31. The van der Waals surface area contributed by atoms with Crippen LogP contribution in [0.4, 0.5) is 0 Å². The smallest absolute Gasteiger partial charge is 0.0826 e. The van der Waals surface area contributed by atoms with E-state index in [0.29, 0.717) is 16.7 Å². The molecule has 0 heterocycles. The average molecular weight is 298 g/mol. The Morgan fingerprint density at radius 2 is 1.77 bits per heavy atom. The third-order valence-corrected chi connectivity index (χ3v) is 7.70. The Balaban J connectivity index is 1.75. The highest BCUT2D eigenvalue weighted by atomic mass is 16.3. The van der Waals surface area contributed by atoms with Crippen LogP contribution in [0.2, 0.25) is 0 Å². The predicted octanol–water partition coefficient (Wildman–Crippen LogP) is 5.21. The zero-order chi connectivity index (χ0) is 15.5. The Hall–Kier alpha value is -0.820. The maximum atomic E-state index is 11.2. The molecule has 1 aromatic carbocycles. The molecule has 1 aromatic rings. The number of aliphatic hydroxyl groups excluding tert-OH is 1. The first-order valence-corrected chi connectivity index (χ1v) is 9.18.